The monoisotopic (exact) mass is 327 g/mol. The maximum absolute atomic E-state index is 3.59. The summed E-state index contributed by atoms with van der Waals surface area (Å²) in [6, 6.07) is 7.21. The number of hydrogen-bond acceptors (Lipinski definition) is 2. The van der Waals surface area contributed by atoms with Gasteiger partial charge in [-0.1, -0.05) is 48.7 Å². The molecule has 0 amide bonds. The summed E-state index contributed by atoms with van der Waals surface area (Å²) in [6.07, 6.45) is 5.58. The summed E-state index contributed by atoms with van der Waals surface area (Å²) < 4.78 is 1.19. The van der Waals surface area contributed by atoms with Gasteiger partial charge in [0.05, 0.1) is 0 Å². The Morgan fingerprint density at radius 1 is 1.33 bits per heavy atom. The molecule has 1 aromatic carbocycles. The van der Waals surface area contributed by atoms with Crippen molar-refractivity contribution in [2.24, 2.45) is 0 Å². The van der Waals surface area contributed by atoms with Gasteiger partial charge in [-0.15, -0.1) is 11.8 Å². The summed E-state index contributed by atoms with van der Waals surface area (Å²) in [6.45, 7) is 5.37. The third-order valence-electron chi connectivity index (χ3n) is 3.33. The molecule has 1 aromatic rings. The largest absolute Gasteiger partial charge is 0.310 e. The lowest BCUT2D eigenvalue weighted by molar-refractivity contribution is 0.584. The van der Waals surface area contributed by atoms with E-state index in [-0.39, 0.29) is 0 Å². The van der Waals surface area contributed by atoms with Gasteiger partial charge < -0.3 is 5.32 Å². The van der Waals surface area contributed by atoms with Crippen molar-refractivity contribution in [1.29, 1.82) is 0 Å². The third kappa shape index (κ3) is 4.29. The van der Waals surface area contributed by atoms with Crippen LogP contribution in [-0.4, -0.2) is 11.3 Å². The van der Waals surface area contributed by atoms with Gasteiger partial charge in [-0.3, -0.25) is 0 Å². The van der Waals surface area contributed by atoms with E-state index in [1.807, 2.05) is 0 Å². The minimum Gasteiger partial charge on any atom is -0.310 e. The van der Waals surface area contributed by atoms with Crippen LogP contribution in [-0.2, 0) is 6.54 Å². The molecule has 0 saturated heterocycles. The second-order valence-electron chi connectivity index (χ2n) is 5.31. The fraction of sp³-hybridized carbons (Fsp3) is 0.600. The zero-order chi connectivity index (χ0) is 13.0. The fourth-order valence-electron chi connectivity index (χ4n) is 2.28. The molecular formula is C15H22BrNS. The molecule has 0 aromatic heterocycles. The molecule has 0 heterocycles. The maximum atomic E-state index is 3.59. The summed E-state index contributed by atoms with van der Waals surface area (Å²) in [5, 5.41) is 4.35. The van der Waals surface area contributed by atoms with E-state index in [9.17, 15) is 0 Å². The van der Waals surface area contributed by atoms with Crippen LogP contribution in [0.5, 0.6) is 0 Å². The van der Waals surface area contributed by atoms with Crippen LogP contribution in [0.25, 0.3) is 0 Å². The third-order valence-corrected chi connectivity index (χ3v) is 5.26. The molecule has 0 unspecified atom stereocenters. The van der Waals surface area contributed by atoms with Crippen molar-refractivity contribution in [3.63, 3.8) is 0 Å². The predicted octanol–water partition coefficient (Wildman–Crippen LogP) is 4.98. The molecule has 100 valence electrons. The molecule has 1 aliphatic rings. The first-order valence-corrected chi connectivity index (χ1v) is 8.51. The van der Waals surface area contributed by atoms with E-state index in [0.29, 0.717) is 6.04 Å². The average Bonchev–Trinajstić information content (AvgIpc) is 2.80. The molecule has 0 bridgehead atoms. The molecule has 1 N–H and O–H groups in total. The topological polar surface area (TPSA) is 12.0 Å². The van der Waals surface area contributed by atoms with E-state index < -0.39 is 0 Å². The normalized spacial score (nSPS) is 16.7. The number of rotatable bonds is 5. The molecule has 1 aliphatic carbocycles. The summed E-state index contributed by atoms with van der Waals surface area (Å²) >= 11 is 5.67. The molecule has 3 heteroatoms. The molecule has 2 rings (SSSR count). The van der Waals surface area contributed by atoms with Crippen LogP contribution in [0.4, 0.5) is 0 Å². The minimum atomic E-state index is 0.540. The van der Waals surface area contributed by atoms with Gasteiger partial charge in [0.15, 0.2) is 0 Å². The Morgan fingerprint density at radius 2 is 2.06 bits per heavy atom. The van der Waals surface area contributed by atoms with Crippen LogP contribution < -0.4 is 5.32 Å². The van der Waals surface area contributed by atoms with Crippen molar-refractivity contribution in [2.45, 2.75) is 62.3 Å². The quantitative estimate of drug-likeness (QED) is 0.818. The minimum absolute atomic E-state index is 0.540. The predicted molar refractivity (Wildman–Crippen MR) is 84.2 cm³/mol. The van der Waals surface area contributed by atoms with Crippen LogP contribution in [0.3, 0.4) is 0 Å². The lowest BCUT2D eigenvalue weighted by Crippen LogP contribution is -2.22. The number of halogens is 1. The van der Waals surface area contributed by atoms with Gasteiger partial charge in [-0.2, -0.15) is 0 Å². The lowest BCUT2D eigenvalue weighted by Gasteiger charge is -2.15. The van der Waals surface area contributed by atoms with Crippen LogP contribution in [0.15, 0.2) is 27.6 Å². The highest BCUT2D eigenvalue weighted by molar-refractivity contribution is 9.10. The number of nitrogens with one attached hydrogen (secondary N) is 1. The maximum Gasteiger partial charge on any atom is 0.0218 e. The Kier molecular flexibility index (Phi) is 5.58. The van der Waals surface area contributed by atoms with E-state index in [4.69, 9.17) is 0 Å². The van der Waals surface area contributed by atoms with Crippen LogP contribution in [0.1, 0.15) is 45.1 Å². The molecule has 18 heavy (non-hydrogen) atoms. The second-order valence-corrected chi connectivity index (χ2v) is 7.57. The van der Waals surface area contributed by atoms with Crippen LogP contribution >= 0.6 is 27.7 Å². The van der Waals surface area contributed by atoms with Crippen LogP contribution in [0, 0.1) is 0 Å². The Labute approximate surface area is 123 Å². The zero-order valence-corrected chi connectivity index (χ0v) is 13.6. The second kappa shape index (κ2) is 6.97. The van der Waals surface area contributed by atoms with E-state index in [1.165, 1.54) is 40.6 Å². The summed E-state index contributed by atoms with van der Waals surface area (Å²) in [7, 11) is 0. The van der Waals surface area contributed by atoms with E-state index in [2.05, 4.69) is 65.1 Å². The molecule has 0 radical (unpaired) electrons. The molecule has 0 atom stereocenters. The van der Waals surface area contributed by atoms with Crippen molar-refractivity contribution in [3.05, 3.63) is 28.2 Å². The van der Waals surface area contributed by atoms with Gasteiger partial charge in [0.25, 0.3) is 0 Å². The molecule has 1 fully saturated rings. The number of thioether (sulfide) groups is 1. The Morgan fingerprint density at radius 3 is 2.72 bits per heavy atom. The first kappa shape index (κ1) is 14.4. The SMILES string of the molecule is CC(C)NCc1ccc(Br)cc1SC1CCCC1. The average molecular weight is 328 g/mol. The van der Waals surface area contributed by atoms with Gasteiger partial charge in [0, 0.05) is 27.2 Å². The van der Waals surface area contributed by atoms with Crippen molar-refractivity contribution in [1.82, 2.24) is 5.32 Å². The molecule has 1 saturated carbocycles. The van der Waals surface area contributed by atoms with Gasteiger partial charge >= 0.3 is 0 Å². The first-order chi connectivity index (χ1) is 8.65. The summed E-state index contributed by atoms with van der Waals surface area (Å²) in [5.41, 5.74) is 1.43. The van der Waals surface area contributed by atoms with Gasteiger partial charge in [-0.25, -0.2) is 0 Å². The van der Waals surface area contributed by atoms with E-state index >= 15 is 0 Å². The fourth-order valence-corrected chi connectivity index (χ4v) is 4.21. The van der Waals surface area contributed by atoms with E-state index in [1.54, 1.807) is 0 Å². The highest BCUT2D eigenvalue weighted by Gasteiger charge is 2.17. The Hall–Kier alpha value is 0.01000. The zero-order valence-electron chi connectivity index (χ0n) is 11.2. The van der Waals surface area contributed by atoms with Crippen LogP contribution in [0.2, 0.25) is 0 Å². The lowest BCUT2D eigenvalue weighted by atomic mass is 10.2. The smallest absolute Gasteiger partial charge is 0.0218 e. The summed E-state index contributed by atoms with van der Waals surface area (Å²) in [4.78, 5) is 1.45. The van der Waals surface area contributed by atoms with Gasteiger partial charge in [0.1, 0.15) is 0 Å². The standard InChI is InChI=1S/C15H22BrNS/c1-11(2)17-10-12-7-8-13(16)9-15(12)18-14-5-3-4-6-14/h7-9,11,14,17H,3-6,10H2,1-2H3. The van der Waals surface area contributed by atoms with E-state index in [0.717, 1.165) is 11.8 Å². The highest BCUT2D eigenvalue weighted by atomic mass is 79.9. The molecular weight excluding hydrogens is 306 g/mol. The van der Waals surface area contributed by atoms with Crippen molar-refractivity contribution < 1.29 is 0 Å². The molecule has 0 aliphatic heterocycles. The number of benzene rings is 1. The van der Waals surface area contributed by atoms with Gasteiger partial charge in [-0.05, 0) is 30.5 Å². The van der Waals surface area contributed by atoms with Gasteiger partial charge in [0.2, 0.25) is 0 Å². The Bertz CT molecular complexity index is 386. The van der Waals surface area contributed by atoms with Crippen molar-refractivity contribution >= 4 is 27.7 Å². The first-order valence-electron chi connectivity index (χ1n) is 6.83. The molecule has 1 nitrogen and oxygen atoms in total. The number of hydrogen-bond donors (Lipinski definition) is 1. The van der Waals surface area contributed by atoms with Crippen molar-refractivity contribution in [2.75, 3.05) is 0 Å². The Balaban J connectivity index is 2.07. The summed E-state index contributed by atoms with van der Waals surface area (Å²) in [5.74, 6) is 0. The highest BCUT2D eigenvalue weighted by Crippen LogP contribution is 2.37. The van der Waals surface area contributed by atoms with Crippen molar-refractivity contribution in [3.8, 4) is 0 Å². The molecule has 0 spiro atoms.